The molecule has 0 amide bonds. The molecule has 0 aromatic carbocycles. The molecule has 0 radical (unpaired) electrons. The number of carbonyl (C=O) groups is 1. The van der Waals surface area contributed by atoms with Crippen molar-refractivity contribution < 1.29 is 37.1 Å². The predicted octanol–water partition coefficient (Wildman–Crippen LogP) is 2.00. The zero-order valence-corrected chi connectivity index (χ0v) is 11.5. The molecule has 1 aromatic heterocycles. The molecule has 1 aromatic rings. The number of rotatable bonds is 6. The molecule has 0 aliphatic heterocycles. The molecule has 0 saturated heterocycles. The zero-order valence-electron chi connectivity index (χ0n) is 11.5. The van der Waals surface area contributed by atoms with Crippen LogP contribution in [0, 0.1) is 10.1 Å². The minimum atomic E-state index is -5.10. The first-order valence-corrected chi connectivity index (χ1v) is 5.81. The lowest BCUT2D eigenvalue weighted by molar-refractivity contribution is -0.387. The van der Waals surface area contributed by atoms with Gasteiger partial charge in [0.25, 0.3) is 5.88 Å². The molecule has 8 nitrogen and oxygen atoms in total. The summed E-state index contributed by atoms with van der Waals surface area (Å²) in [4.78, 5) is 24.9. The van der Waals surface area contributed by atoms with Gasteiger partial charge in [-0.2, -0.15) is 0 Å². The smallest absolute Gasteiger partial charge is 0.476 e. The van der Waals surface area contributed by atoms with Crippen molar-refractivity contribution in [1.82, 2.24) is 4.98 Å². The van der Waals surface area contributed by atoms with Crippen LogP contribution in [0.15, 0.2) is 6.20 Å². The number of ether oxygens (including phenoxy) is 3. The Morgan fingerprint density at radius 1 is 1.45 bits per heavy atom. The Kier molecular flexibility index (Phi) is 5.49. The summed E-state index contributed by atoms with van der Waals surface area (Å²) in [5, 5.41) is 11.1. The van der Waals surface area contributed by atoms with E-state index in [1.807, 2.05) is 0 Å². The fraction of sp³-hybridized carbons (Fsp3) is 0.455. The normalized spacial score (nSPS) is 11.0. The van der Waals surface area contributed by atoms with Crippen LogP contribution in [-0.4, -0.2) is 36.0 Å². The maximum absolute atomic E-state index is 12.4. The topological polar surface area (TPSA) is 101 Å². The SMILES string of the molecule is CCOC(=O)Cc1c(OC(F)(F)F)cnc(OC)c1[N+](=O)[O-]. The highest BCUT2D eigenvalue weighted by Gasteiger charge is 2.36. The Morgan fingerprint density at radius 2 is 2.09 bits per heavy atom. The van der Waals surface area contributed by atoms with Gasteiger partial charge in [0.1, 0.15) is 0 Å². The molecular formula is C11H11F3N2O6. The predicted molar refractivity (Wildman–Crippen MR) is 64.5 cm³/mol. The summed E-state index contributed by atoms with van der Waals surface area (Å²) in [6.07, 6.45) is -5.31. The maximum atomic E-state index is 12.4. The number of methoxy groups -OCH3 is 1. The first-order chi connectivity index (χ1) is 10.2. The van der Waals surface area contributed by atoms with Crippen molar-refractivity contribution in [3.63, 3.8) is 0 Å². The van der Waals surface area contributed by atoms with Crippen molar-refractivity contribution in [3.05, 3.63) is 21.9 Å². The van der Waals surface area contributed by atoms with E-state index in [9.17, 15) is 28.1 Å². The van der Waals surface area contributed by atoms with Crippen LogP contribution in [0.25, 0.3) is 0 Å². The van der Waals surface area contributed by atoms with E-state index in [0.29, 0.717) is 6.20 Å². The Balaban J connectivity index is 3.40. The molecule has 122 valence electrons. The van der Waals surface area contributed by atoms with E-state index in [2.05, 4.69) is 19.2 Å². The third kappa shape index (κ3) is 4.46. The molecule has 0 saturated carbocycles. The van der Waals surface area contributed by atoms with E-state index in [4.69, 9.17) is 0 Å². The average Bonchev–Trinajstić information content (AvgIpc) is 2.38. The average molecular weight is 324 g/mol. The number of nitro groups is 1. The zero-order chi connectivity index (χ0) is 16.9. The number of nitrogens with zero attached hydrogens (tertiary/aromatic N) is 2. The summed E-state index contributed by atoms with van der Waals surface area (Å²) in [5.41, 5.74) is -1.52. The van der Waals surface area contributed by atoms with Gasteiger partial charge in [-0.1, -0.05) is 0 Å². The number of aromatic nitrogens is 1. The van der Waals surface area contributed by atoms with E-state index in [1.165, 1.54) is 6.92 Å². The second-order valence-corrected chi connectivity index (χ2v) is 3.75. The summed E-state index contributed by atoms with van der Waals surface area (Å²) in [6, 6.07) is 0. The largest absolute Gasteiger partial charge is 0.573 e. The number of hydrogen-bond donors (Lipinski definition) is 0. The molecule has 0 spiro atoms. The summed E-state index contributed by atoms with van der Waals surface area (Å²) in [5.74, 6) is -2.46. The fourth-order valence-corrected chi connectivity index (χ4v) is 1.58. The van der Waals surface area contributed by atoms with Gasteiger partial charge < -0.3 is 14.2 Å². The molecule has 0 fully saturated rings. The Hall–Kier alpha value is -2.59. The number of alkyl halides is 3. The van der Waals surface area contributed by atoms with Crippen LogP contribution in [0.1, 0.15) is 12.5 Å². The van der Waals surface area contributed by atoms with E-state index in [0.717, 1.165) is 7.11 Å². The monoisotopic (exact) mass is 324 g/mol. The molecule has 1 rings (SSSR count). The highest BCUT2D eigenvalue weighted by molar-refractivity contribution is 5.76. The van der Waals surface area contributed by atoms with Gasteiger partial charge in [0.05, 0.1) is 36.8 Å². The van der Waals surface area contributed by atoms with Crippen LogP contribution >= 0.6 is 0 Å². The van der Waals surface area contributed by atoms with Gasteiger partial charge in [-0.05, 0) is 6.92 Å². The van der Waals surface area contributed by atoms with Crippen LogP contribution in [0.5, 0.6) is 11.6 Å². The molecule has 0 bridgehead atoms. The lowest BCUT2D eigenvalue weighted by atomic mass is 10.1. The molecule has 0 aliphatic carbocycles. The van der Waals surface area contributed by atoms with Crippen LogP contribution in [-0.2, 0) is 16.0 Å². The van der Waals surface area contributed by atoms with E-state index < -0.39 is 46.6 Å². The van der Waals surface area contributed by atoms with Gasteiger partial charge in [-0.25, -0.2) is 4.98 Å². The van der Waals surface area contributed by atoms with E-state index >= 15 is 0 Å². The van der Waals surface area contributed by atoms with Crippen LogP contribution in [0.2, 0.25) is 0 Å². The van der Waals surface area contributed by atoms with Crippen molar-refractivity contribution >= 4 is 11.7 Å². The third-order valence-electron chi connectivity index (χ3n) is 2.31. The number of esters is 1. The molecule has 22 heavy (non-hydrogen) atoms. The minimum absolute atomic E-state index is 0.0374. The standard InChI is InChI=1S/C11H11F3N2O6/c1-3-21-8(17)4-6-7(22-11(12,13)14)5-15-10(20-2)9(6)16(18)19/h5H,3-4H2,1-2H3. The molecule has 0 aliphatic rings. The quantitative estimate of drug-likeness (QED) is 0.448. The van der Waals surface area contributed by atoms with Gasteiger partial charge in [-0.15, -0.1) is 13.2 Å². The van der Waals surface area contributed by atoms with Crippen LogP contribution < -0.4 is 9.47 Å². The van der Waals surface area contributed by atoms with Gasteiger partial charge in [0.2, 0.25) is 0 Å². The molecule has 1 heterocycles. The number of carbonyl (C=O) groups excluding carboxylic acids is 1. The summed E-state index contributed by atoms with van der Waals surface area (Å²) in [7, 11) is 1.05. The van der Waals surface area contributed by atoms with Gasteiger partial charge in [0, 0.05) is 0 Å². The molecule has 0 N–H and O–H groups in total. The van der Waals surface area contributed by atoms with Crippen LogP contribution in [0.4, 0.5) is 18.9 Å². The number of pyridine rings is 1. The summed E-state index contributed by atoms with van der Waals surface area (Å²) >= 11 is 0. The van der Waals surface area contributed by atoms with E-state index in [1.54, 1.807) is 0 Å². The number of halogens is 3. The molecule has 0 atom stereocenters. The first-order valence-electron chi connectivity index (χ1n) is 5.81. The van der Waals surface area contributed by atoms with Gasteiger partial charge in [0.15, 0.2) is 5.75 Å². The van der Waals surface area contributed by atoms with Crippen molar-refractivity contribution in [1.29, 1.82) is 0 Å². The van der Waals surface area contributed by atoms with Gasteiger partial charge in [-0.3, -0.25) is 14.9 Å². The first kappa shape index (κ1) is 17.5. The summed E-state index contributed by atoms with van der Waals surface area (Å²) in [6.45, 7) is 1.44. The summed E-state index contributed by atoms with van der Waals surface area (Å²) < 4.78 is 49.9. The maximum Gasteiger partial charge on any atom is 0.573 e. The number of hydrogen-bond acceptors (Lipinski definition) is 7. The van der Waals surface area contributed by atoms with Crippen molar-refractivity contribution in [2.24, 2.45) is 0 Å². The Labute approximate surface area is 121 Å². The highest BCUT2D eigenvalue weighted by Crippen LogP contribution is 2.37. The highest BCUT2D eigenvalue weighted by atomic mass is 19.4. The Morgan fingerprint density at radius 3 is 2.55 bits per heavy atom. The molecule has 11 heteroatoms. The Bertz CT molecular complexity index is 576. The van der Waals surface area contributed by atoms with Gasteiger partial charge >= 0.3 is 18.0 Å². The second-order valence-electron chi connectivity index (χ2n) is 3.75. The fourth-order valence-electron chi connectivity index (χ4n) is 1.58. The lowest BCUT2D eigenvalue weighted by Gasteiger charge is -2.13. The molecule has 0 unspecified atom stereocenters. The van der Waals surface area contributed by atoms with E-state index in [-0.39, 0.29) is 6.61 Å². The minimum Gasteiger partial charge on any atom is -0.476 e. The van der Waals surface area contributed by atoms with Crippen molar-refractivity contribution in [2.75, 3.05) is 13.7 Å². The molecular weight excluding hydrogens is 313 g/mol. The van der Waals surface area contributed by atoms with Crippen LogP contribution in [0.3, 0.4) is 0 Å². The van der Waals surface area contributed by atoms with Crippen molar-refractivity contribution in [2.45, 2.75) is 19.7 Å². The lowest BCUT2D eigenvalue weighted by Crippen LogP contribution is -2.20. The van der Waals surface area contributed by atoms with Crippen molar-refractivity contribution in [3.8, 4) is 11.6 Å². The second kappa shape index (κ2) is 6.91. The third-order valence-corrected chi connectivity index (χ3v) is 2.31.